The molecule has 184 valence electrons. The van der Waals surface area contributed by atoms with Crippen LogP contribution in [0.2, 0.25) is 0 Å². The number of hydrogen-bond acceptors (Lipinski definition) is 6. The molecule has 0 bridgehead atoms. The molecule has 1 aromatic carbocycles. The highest BCUT2D eigenvalue weighted by atomic mass is 16.5. The first-order valence-electron chi connectivity index (χ1n) is 11.8. The van der Waals surface area contributed by atoms with Gasteiger partial charge in [-0.2, -0.15) is 0 Å². The van der Waals surface area contributed by atoms with Gasteiger partial charge in [-0.15, -0.1) is 0 Å². The van der Waals surface area contributed by atoms with Gasteiger partial charge in [-0.05, 0) is 48.7 Å². The Bertz CT molecular complexity index is 969. The number of carbonyl (C=O) groups excluding carboxylic acids is 2. The number of hydrogen-bond donors (Lipinski definition) is 1. The van der Waals surface area contributed by atoms with Crippen molar-refractivity contribution in [2.45, 2.75) is 45.9 Å². The number of carbonyl (C=O) groups is 2. The van der Waals surface area contributed by atoms with E-state index in [2.05, 4.69) is 29.0 Å². The molecule has 0 aliphatic carbocycles. The average molecular weight is 469 g/mol. The second-order valence-electron chi connectivity index (χ2n) is 8.99. The highest BCUT2D eigenvalue weighted by Crippen LogP contribution is 2.27. The number of nitrogens with zero attached hydrogens (tertiary/aromatic N) is 3. The topological polar surface area (TPSA) is 84.0 Å². The molecular formula is C26H36N4O4. The van der Waals surface area contributed by atoms with Crippen molar-refractivity contribution in [3.63, 3.8) is 0 Å². The number of nitrogens with one attached hydrogen (secondary N) is 1. The van der Waals surface area contributed by atoms with Gasteiger partial charge in [0.05, 0.1) is 11.7 Å². The number of aromatic nitrogens is 1. The molecule has 1 aliphatic rings. The molecule has 2 heterocycles. The molecule has 0 saturated carbocycles. The Morgan fingerprint density at radius 2 is 1.94 bits per heavy atom. The van der Waals surface area contributed by atoms with Crippen LogP contribution in [-0.2, 0) is 16.1 Å². The Kier molecular flexibility index (Phi) is 9.01. The number of methoxy groups -OCH3 is 1. The Labute approximate surface area is 202 Å². The number of anilines is 1. The molecule has 8 heteroatoms. The lowest BCUT2D eigenvalue weighted by atomic mass is 10.0. The zero-order chi connectivity index (χ0) is 24.7. The van der Waals surface area contributed by atoms with Gasteiger partial charge in [0.15, 0.2) is 0 Å². The van der Waals surface area contributed by atoms with Gasteiger partial charge >= 0.3 is 0 Å². The molecule has 2 amide bonds. The van der Waals surface area contributed by atoms with Crippen molar-refractivity contribution in [1.29, 1.82) is 0 Å². The van der Waals surface area contributed by atoms with E-state index in [4.69, 9.17) is 9.47 Å². The van der Waals surface area contributed by atoms with Crippen LogP contribution in [0.4, 0.5) is 5.69 Å². The second kappa shape index (κ2) is 11.9. The second-order valence-corrected chi connectivity index (χ2v) is 8.99. The van der Waals surface area contributed by atoms with Crippen LogP contribution in [0.5, 0.6) is 5.75 Å². The molecular weight excluding hydrogens is 432 g/mol. The van der Waals surface area contributed by atoms with Crippen LogP contribution in [0.15, 0.2) is 42.7 Å². The van der Waals surface area contributed by atoms with E-state index in [-0.39, 0.29) is 29.9 Å². The third-order valence-corrected chi connectivity index (χ3v) is 6.31. The number of benzene rings is 1. The van der Waals surface area contributed by atoms with E-state index in [1.165, 1.54) is 5.56 Å². The fourth-order valence-electron chi connectivity index (χ4n) is 4.12. The fraction of sp³-hybridized carbons (Fsp3) is 0.500. The highest BCUT2D eigenvalue weighted by molar-refractivity contribution is 5.99. The standard InChI is InChI=1S/C26H36N4O4/c1-6-25(31)28-21-7-8-23-22(13-21)26(32)29(4)16-24(33-5)18(2)14-30(19(3)17-34-23)15-20-9-11-27-12-10-20/h7-13,18-19,24H,6,14-17H2,1-5H3,(H,28,31)/t18-,19+,24+/m0/s1. The number of ether oxygens (including phenoxy) is 2. The summed E-state index contributed by atoms with van der Waals surface area (Å²) in [5, 5.41) is 2.83. The first kappa shape index (κ1) is 25.6. The summed E-state index contributed by atoms with van der Waals surface area (Å²) in [5.41, 5.74) is 2.18. The van der Waals surface area contributed by atoms with Gasteiger partial charge in [-0.3, -0.25) is 19.5 Å². The van der Waals surface area contributed by atoms with E-state index >= 15 is 0 Å². The van der Waals surface area contributed by atoms with Crippen molar-refractivity contribution in [3.8, 4) is 5.75 Å². The maximum absolute atomic E-state index is 13.4. The minimum Gasteiger partial charge on any atom is -0.491 e. The summed E-state index contributed by atoms with van der Waals surface area (Å²) in [4.78, 5) is 33.4. The lowest BCUT2D eigenvalue weighted by Crippen LogP contribution is -2.46. The molecule has 0 saturated heterocycles. The maximum atomic E-state index is 13.4. The lowest BCUT2D eigenvalue weighted by molar-refractivity contribution is -0.115. The molecule has 0 unspecified atom stereocenters. The molecule has 8 nitrogen and oxygen atoms in total. The summed E-state index contributed by atoms with van der Waals surface area (Å²) in [6, 6.07) is 9.36. The van der Waals surface area contributed by atoms with Gasteiger partial charge in [-0.25, -0.2) is 0 Å². The monoisotopic (exact) mass is 468 g/mol. The maximum Gasteiger partial charge on any atom is 0.257 e. The minimum absolute atomic E-state index is 0.0905. The zero-order valence-electron chi connectivity index (χ0n) is 20.8. The molecule has 1 aromatic heterocycles. The molecule has 34 heavy (non-hydrogen) atoms. The summed E-state index contributed by atoms with van der Waals surface area (Å²) in [6.07, 6.45) is 3.84. The Morgan fingerprint density at radius 1 is 1.21 bits per heavy atom. The first-order chi connectivity index (χ1) is 16.3. The average Bonchev–Trinajstić information content (AvgIpc) is 2.85. The van der Waals surface area contributed by atoms with Gasteiger partial charge in [-0.1, -0.05) is 13.8 Å². The van der Waals surface area contributed by atoms with Gasteiger partial charge in [0.2, 0.25) is 5.91 Å². The van der Waals surface area contributed by atoms with Crippen LogP contribution < -0.4 is 10.1 Å². The molecule has 3 rings (SSSR count). The van der Waals surface area contributed by atoms with Crippen LogP contribution in [0.1, 0.15) is 43.1 Å². The van der Waals surface area contributed by atoms with Crippen molar-refractivity contribution in [3.05, 3.63) is 53.9 Å². The SMILES string of the molecule is CCC(=O)Nc1ccc2c(c1)C(=O)N(C)C[C@@H](OC)[C@@H](C)CN(Cc1ccncc1)[C@H](C)CO2. The fourth-order valence-corrected chi connectivity index (χ4v) is 4.12. The largest absolute Gasteiger partial charge is 0.491 e. The van der Waals surface area contributed by atoms with Gasteiger partial charge < -0.3 is 19.7 Å². The van der Waals surface area contributed by atoms with Gasteiger partial charge in [0.1, 0.15) is 12.4 Å². The van der Waals surface area contributed by atoms with E-state index < -0.39 is 0 Å². The minimum atomic E-state index is -0.168. The van der Waals surface area contributed by atoms with Crippen LogP contribution >= 0.6 is 0 Å². The predicted molar refractivity (Wildman–Crippen MR) is 132 cm³/mol. The van der Waals surface area contributed by atoms with Crippen molar-refractivity contribution in [1.82, 2.24) is 14.8 Å². The molecule has 3 atom stereocenters. The van der Waals surface area contributed by atoms with E-state index in [0.29, 0.717) is 36.6 Å². The van der Waals surface area contributed by atoms with E-state index in [1.807, 2.05) is 12.1 Å². The number of rotatable bonds is 5. The summed E-state index contributed by atoms with van der Waals surface area (Å²) < 4.78 is 12.0. The van der Waals surface area contributed by atoms with E-state index in [9.17, 15) is 9.59 Å². The Hall–Kier alpha value is -2.97. The normalized spacial score (nSPS) is 22.2. The molecule has 0 radical (unpaired) electrons. The summed E-state index contributed by atoms with van der Waals surface area (Å²) in [5.74, 6) is 0.408. The summed E-state index contributed by atoms with van der Waals surface area (Å²) in [6.45, 7) is 8.48. The molecule has 0 fully saturated rings. The van der Waals surface area contributed by atoms with Crippen LogP contribution in [-0.4, -0.2) is 72.6 Å². The van der Waals surface area contributed by atoms with Crippen LogP contribution in [0, 0.1) is 5.92 Å². The smallest absolute Gasteiger partial charge is 0.257 e. The lowest BCUT2D eigenvalue weighted by Gasteiger charge is -2.36. The van der Waals surface area contributed by atoms with Crippen LogP contribution in [0.3, 0.4) is 0 Å². The molecule has 0 spiro atoms. The van der Waals surface area contributed by atoms with Gasteiger partial charge in [0, 0.05) is 64.3 Å². The summed E-state index contributed by atoms with van der Waals surface area (Å²) in [7, 11) is 3.46. The number of fused-ring (bicyclic) bond motifs is 1. The van der Waals surface area contributed by atoms with E-state index in [1.54, 1.807) is 56.6 Å². The first-order valence-corrected chi connectivity index (χ1v) is 11.8. The number of likely N-dealkylation sites (N-methyl/N-ethyl adjacent to an activating group) is 1. The predicted octanol–water partition coefficient (Wildman–Crippen LogP) is 3.44. The molecule has 2 aromatic rings. The van der Waals surface area contributed by atoms with Crippen molar-refractivity contribution in [2.75, 3.05) is 39.2 Å². The molecule has 1 N–H and O–H groups in total. The zero-order valence-corrected chi connectivity index (χ0v) is 20.8. The third kappa shape index (κ3) is 6.55. The Balaban J connectivity index is 1.93. The highest BCUT2D eigenvalue weighted by Gasteiger charge is 2.28. The molecule has 1 aliphatic heterocycles. The van der Waals surface area contributed by atoms with Crippen LogP contribution in [0.25, 0.3) is 0 Å². The summed E-state index contributed by atoms with van der Waals surface area (Å²) >= 11 is 0. The van der Waals surface area contributed by atoms with Gasteiger partial charge in [0.25, 0.3) is 5.91 Å². The quantitative estimate of drug-likeness (QED) is 0.724. The van der Waals surface area contributed by atoms with Crippen molar-refractivity contribution >= 4 is 17.5 Å². The number of pyridine rings is 1. The number of amides is 2. The Morgan fingerprint density at radius 3 is 2.62 bits per heavy atom. The van der Waals surface area contributed by atoms with E-state index in [0.717, 1.165) is 13.1 Å². The third-order valence-electron chi connectivity index (χ3n) is 6.31. The van der Waals surface area contributed by atoms with Crippen molar-refractivity contribution < 1.29 is 19.1 Å². The van der Waals surface area contributed by atoms with Crippen molar-refractivity contribution in [2.24, 2.45) is 5.92 Å².